The Morgan fingerprint density at radius 2 is 2.50 bits per heavy atom. The molecule has 1 rings (SSSR count). The van der Waals surface area contributed by atoms with E-state index in [0.717, 1.165) is 13.0 Å². The van der Waals surface area contributed by atoms with E-state index in [9.17, 15) is 0 Å². The molecule has 0 radical (unpaired) electrons. The van der Waals surface area contributed by atoms with E-state index in [1.165, 1.54) is 0 Å². The van der Waals surface area contributed by atoms with Gasteiger partial charge in [-0.3, -0.25) is 0 Å². The summed E-state index contributed by atoms with van der Waals surface area (Å²) < 4.78 is 5.29. The highest BCUT2D eigenvalue weighted by Crippen LogP contribution is 2.11. The second kappa shape index (κ2) is 3.16. The van der Waals surface area contributed by atoms with Gasteiger partial charge < -0.3 is 15.8 Å². The predicted octanol–water partition coefficient (Wildman–Crippen LogP) is -0.00300. The first kappa shape index (κ1) is 7.75. The highest BCUT2D eigenvalue weighted by Gasteiger charge is 2.23. The van der Waals surface area contributed by atoms with E-state index < -0.39 is 0 Å². The first-order chi connectivity index (χ1) is 4.70. The van der Waals surface area contributed by atoms with Crippen LogP contribution in [-0.2, 0) is 4.74 Å². The van der Waals surface area contributed by atoms with Crippen molar-refractivity contribution in [1.82, 2.24) is 5.32 Å². The molecule has 0 aliphatic carbocycles. The van der Waals surface area contributed by atoms with Gasteiger partial charge in [-0.05, 0) is 25.6 Å². The zero-order valence-electron chi connectivity index (χ0n) is 5.96. The van der Waals surface area contributed by atoms with Crippen LogP contribution in [0.1, 0.15) is 13.3 Å². The molecule has 58 valence electrons. The number of nitrogens with one attached hydrogen (secondary N) is 1. The van der Waals surface area contributed by atoms with Crippen LogP contribution in [0.5, 0.6) is 0 Å². The SMILES string of the molecule is CC1OCCC1NC(N)=S. The first-order valence-corrected chi connectivity index (χ1v) is 3.78. The van der Waals surface area contributed by atoms with Crippen LogP contribution in [-0.4, -0.2) is 23.9 Å². The van der Waals surface area contributed by atoms with E-state index in [-0.39, 0.29) is 6.10 Å². The fraction of sp³-hybridized carbons (Fsp3) is 0.833. The van der Waals surface area contributed by atoms with Gasteiger partial charge in [-0.2, -0.15) is 0 Å². The van der Waals surface area contributed by atoms with Crippen LogP contribution in [0.25, 0.3) is 0 Å². The predicted molar refractivity (Wildman–Crippen MR) is 43.7 cm³/mol. The zero-order valence-corrected chi connectivity index (χ0v) is 6.78. The third kappa shape index (κ3) is 1.82. The zero-order chi connectivity index (χ0) is 7.56. The summed E-state index contributed by atoms with van der Waals surface area (Å²) in [5, 5.41) is 3.34. The van der Waals surface area contributed by atoms with Crippen molar-refractivity contribution in [2.75, 3.05) is 6.61 Å². The van der Waals surface area contributed by atoms with Gasteiger partial charge in [0.05, 0.1) is 12.1 Å². The molecule has 0 aromatic heterocycles. The van der Waals surface area contributed by atoms with Gasteiger partial charge in [0.25, 0.3) is 0 Å². The van der Waals surface area contributed by atoms with Crippen LogP contribution in [0.3, 0.4) is 0 Å². The van der Waals surface area contributed by atoms with Crippen LogP contribution in [0.15, 0.2) is 0 Å². The third-order valence-corrected chi connectivity index (χ3v) is 1.82. The van der Waals surface area contributed by atoms with Crippen LogP contribution >= 0.6 is 12.2 Å². The normalized spacial score (nSPS) is 32.1. The summed E-state index contributed by atoms with van der Waals surface area (Å²) in [6, 6.07) is 0.317. The Balaban J connectivity index is 2.33. The van der Waals surface area contributed by atoms with Crippen LogP contribution < -0.4 is 11.1 Å². The molecule has 1 aliphatic heterocycles. The molecule has 0 bridgehead atoms. The van der Waals surface area contributed by atoms with Gasteiger partial charge in [-0.15, -0.1) is 0 Å². The highest BCUT2D eigenvalue weighted by atomic mass is 32.1. The number of nitrogens with two attached hydrogens (primary N) is 1. The Hall–Kier alpha value is -0.350. The summed E-state index contributed by atoms with van der Waals surface area (Å²) in [6.07, 6.45) is 1.24. The minimum absolute atomic E-state index is 0.237. The standard InChI is InChI=1S/C6H12N2OS/c1-4-5(2-3-9-4)8-6(7)10/h4-5H,2-3H2,1H3,(H3,7,8,10). The summed E-state index contributed by atoms with van der Waals surface area (Å²) in [5.74, 6) is 0. The third-order valence-electron chi connectivity index (χ3n) is 1.70. The summed E-state index contributed by atoms with van der Waals surface area (Å²) in [6.45, 7) is 2.82. The lowest BCUT2D eigenvalue weighted by atomic mass is 10.2. The summed E-state index contributed by atoms with van der Waals surface area (Å²) in [7, 11) is 0. The maximum atomic E-state index is 5.30. The van der Waals surface area contributed by atoms with E-state index in [2.05, 4.69) is 5.32 Å². The minimum Gasteiger partial charge on any atom is -0.376 e. The van der Waals surface area contributed by atoms with Crippen molar-refractivity contribution in [3.05, 3.63) is 0 Å². The maximum Gasteiger partial charge on any atom is 0.163 e. The molecule has 0 aromatic carbocycles. The van der Waals surface area contributed by atoms with Crippen molar-refractivity contribution >= 4 is 17.3 Å². The Kier molecular flexibility index (Phi) is 2.45. The molecule has 4 heteroatoms. The number of hydrogen-bond donors (Lipinski definition) is 2. The van der Waals surface area contributed by atoms with Crippen molar-refractivity contribution in [2.24, 2.45) is 5.73 Å². The van der Waals surface area contributed by atoms with Crippen molar-refractivity contribution in [1.29, 1.82) is 0 Å². The van der Waals surface area contributed by atoms with Gasteiger partial charge in [0.1, 0.15) is 0 Å². The fourth-order valence-electron chi connectivity index (χ4n) is 1.10. The van der Waals surface area contributed by atoms with Gasteiger partial charge in [0, 0.05) is 6.61 Å². The van der Waals surface area contributed by atoms with Gasteiger partial charge in [-0.25, -0.2) is 0 Å². The first-order valence-electron chi connectivity index (χ1n) is 3.37. The monoisotopic (exact) mass is 160 g/mol. The number of rotatable bonds is 1. The molecule has 0 saturated carbocycles. The molecule has 1 heterocycles. The van der Waals surface area contributed by atoms with E-state index >= 15 is 0 Å². The number of hydrogen-bond acceptors (Lipinski definition) is 2. The topological polar surface area (TPSA) is 47.3 Å². The molecule has 3 nitrogen and oxygen atoms in total. The smallest absolute Gasteiger partial charge is 0.163 e. The molecule has 1 aliphatic rings. The van der Waals surface area contributed by atoms with Crippen LogP contribution in [0, 0.1) is 0 Å². The van der Waals surface area contributed by atoms with Crippen molar-refractivity contribution in [3.8, 4) is 0 Å². The quantitative estimate of drug-likeness (QED) is 0.530. The molecule has 2 unspecified atom stereocenters. The summed E-state index contributed by atoms with van der Waals surface area (Å²) in [5.41, 5.74) is 5.30. The van der Waals surface area contributed by atoms with Crippen LogP contribution in [0.2, 0.25) is 0 Å². The van der Waals surface area contributed by atoms with Crippen LogP contribution in [0.4, 0.5) is 0 Å². The number of ether oxygens (including phenoxy) is 1. The molecule has 1 saturated heterocycles. The van der Waals surface area contributed by atoms with Gasteiger partial charge in [0.2, 0.25) is 0 Å². The molecule has 10 heavy (non-hydrogen) atoms. The Morgan fingerprint density at radius 1 is 1.80 bits per heavy atom. The Bertz CT molecular complexity index is 140. The lowest BCUT2D eigenvalue weighted by Crippen LogP contribution is -2.41. The molecule has 1 fully saturated rings. The van der Waals surface area contributed by atoms with Crippen molar-refractivity contribution < 1.29 is 4.74 Å². The summed E-state index contributed by atoms with van der Waals surface area (Å²) in [4.78, 5) is 0. The van der Waals surface area contributed by atoms with E-state index in [1.807, 2.05) is 6.92 Å². The van der Waals surface area contributed by atoms with E-state index in [0.29, 0.717) is 11.2 Å². The fourth-order valence-corrected chi connectivity index (χ4v) is 1.26. The molecule has 0 aromatic rings. The Morgan fingerprint density at radius 3 is 2.90 bits per heavy atom. The maximum absolute atomic E-state index is 5.30. The van der Waals surface area contributed by atoms with Crippen molar-refractivity contribution in [3.63, 3.8) is 0 Å². The molecular weight excluding hydrogens is 148 g/mol. The van der Waals surface area contributed by atoms with Gasteiger partial charge in [0.15, 0.2) is 5.11 Å². The largest absolute Gasteiger partial charge is 0.376 e. The number of thiocarbonyl (C=S) groups is 1. The average Bonchev–Trinajstić information content (AvgIpc) is 2.15. The molecule has 2 atom stereocenters. The molecule has 0 amide bonds. The second-order valence-electron chi connectivity index (χ2n) is 2.48. The van der Waals surface area contributed by atoms with E-state index in [1.54, 1.807) is 0 Å². The lowest BCUT2D eigenvalue weighted by molar-refractivity contribution is 0.116. The van der Waals surface area contributed by atoms with Gasteiger partial charge in [-0.1, -0.05) is 0 Å². The highest BCUT2D eigenvalue weighted by molar-refractivity contribution is 7.80. The van der Waals surface area contributed by atoms with Gasteiger partial charge >= 0.3 is 0 Å². The minimum atomic E-state index is 0.237. The molecule has 3 N–H and O–H groups in total. The molecular formula is C6H12N2OS. The molecule has 0 spiro atoms. The average molecular weight is 160 g/mol. The lowest BCUT2D eigenvalue weighted by Gasteiger charge is -2.14. The Labute approximate surface area is 65.9 Å². The van der Waals surface area contributed by atoms with Crippen molar-refractivity contribution in [2.45, 2.75) is 25.5 Å². The second-order valence-corrected chi connectivity index (χ2v) is 2.92. The van der Waals surface area contributed by atoms with E-state index in [4.69, 9.17) is 22.7 Å². The summed E-state index contributed by atoms with van der Waals surface area (Å²) >= 11 is 4.70.